The lowest BCUT2D eigenvalue weighted by Gasteiger charge is -2.16. The van der Waals surface area contributed by atoms with Crippen molar-refractivity contribution in [1.82, 2.24) is 10.3 Å². The number of nitrogens with zero attached hydrogens (tertiary/aromatic N) is 2. The van der Waals surface area contributed by atoms with E-state index >= 15 is 0 Å². The Balaban J connectivity index is 2.23. The van der Waals surface area contributed by atoms with Crippen LogP contribution in [0.2, 0.25) is 0 Å². The first-order valence-electron chi connectivity index (χ1n) is 5.30. The van der Waals surface area contributed by atoms with Crippen LogP contribution >= 0.6 is 11.3 Å². The summed E-state index contributed by atoms with van der Waals surface area (Å²) in [5.74, 6) is -1.07. The van der Waals surface area contributed by atoms with Crippen molar-refractivity contribution in [3.63, 3.8) is 0 Å². The van der Waals surface area contributed by atoms with Crippen LogP contribution in [0.5, 0.6) is 0 Å². The molecule has 1 aromatic rings. The van der Waals surface area contributed by atoms with Crippen molar-refractivity contribution < 1.29 is 14.7 Å². The first-order chi connectivity index (χ1) is 8.08. The van der Waals surface area contributed by atoms with Crippen LogP contribution in [0.3, 0.4) is 0 Å². The minimum Gasteiger partial charge on any atom is -0.476 e. The van der Waals surface area contributed by atoms with E-state index < -0.39 is 5.97 Å². The van der Waals surface area contributed by atoms with Crippen LogP contribution in [0, 0.1) is 6.92 Å². The van der Waals surface area contributed by atoms with Crippen LogP contribution in [0.4, 0.5) is 5.13 Å². The summed E-state index contributed by atoms with van der Waals surface area (Å²) in [6.07, 6.45) is 0.840. The molecule has 1 aromatic heterocycles. The Kier molecular flexibility index (Phi) is 3.28. The molecule has 0 radical (unpaired) electrons. The standard InChI is InChI=1S/C10H13N3O3S/c1-6-8(9(15)16)12-10(17-6)13-4-2-3-11-7(14)5-13/h2-5H2,1H3,(H,11,14)(H,15,16). The largest absolute Gasteiger partial charge is 0.476 e. The molecular formula is C10H13N3O3S. The quantitative estimate of drug-likeness (QED) is 0.803. The summed E-state index contributed by atoms with van der Waals surface area (Å²) in [5.41, 5.74) is 0.0784. The highest BCUT2D eigenvalue weighted by Gasteiger charge is 2.21. The Bertz CT molecular complexity index is 458. The summed E-state index contributed by atoms with van der Waals surface area (Å²) in [4.78, 5) is 28.9. The number of thiazole rings is 1. The number of nitrogens with one attached hydrogen (secondary N) is 1. The summed E-state index contributed by atoms with van der Waals surface area (Å²) in [6, 6.07) is 0. The van der Waals surface area contributed by atoms with Crippen molar-refractivity contribution in [1.29, 1.82) is 0 Å². The number of carboxylic acid groups (broad SMARTS) is 1. The summed E-state index contributed by atoms with van der Waals surface area (Å²) >= 11 is 1.31. The third-order valence-corrected chi connectivity index (χ3v) is 3.55. The normalized spacial score (nSPS) is 16.5. The second-order valence-electron chi connectivity index (χ2n) is 3.83. The minimum atomic E-state index is -1.02. The average molecular weight is 255 g/mol. The maximum Gasteiger partial charge on any atom is 0.355 e. The third-order valence-electron chi connectivity index (χ3n) is 2.52. The Hall–Kier alpha value is -1.63. The van der Waals surface area contributed by atoms with Gasteiger partial charge in [0, 0.05) is 18.0 Å². The molecule has 0 atom stereocenters. The van der Waals surface area contributed by atoms with Crippen LogP contribution in [0.1, 0.15) is 21.8 Å². The topological polar surface area (TPSA) is 82.5 Å². The van der Waals surface area contributed by atoms with Crippen molar-refractivity contribution in [2.75, 3.05) is 24.5 Å². The molecule has 0 aromatic carbocycles. The number of carbonyl (C=O) groups is 2. The van der Waals surface area contributed by atoms with Crippen molar-refractivity contribution in [2.24, 2.45) is 0 Å². The molecule has 0 aliphatic carbocycles. The molecule has 2 heterocycles. The van der Waals surface area contributed by atoms with Gasteiger partial charge in [0.2, 0.25) is 5.91 Å². The van der Waals surface area contributed by atoms with E-state index in [-0.39, 0.29) is 18.1 Å². The molecular weight excluding hydrogens is 242 g/mol. The minimum absolute atomic E-state index is 0.0489. The number of amides is 1. The SMILES string of the molecule is Cc1sc(N2CCCNC(=O)C2)nc1C(=O)O. The molecule has 1 aliphatic rings. The fourth-order valence-corrected chi connectivity index (χ4v) is 2.61. The zero-order valence-electron chi connectivity index (χ0n) is 9.39. The number of carboxylic acids is 1. The molecule has 2 rings (SSSR count). The van der Waals surface area contributed by atoms with Gasteiger partial charge in [-0.05, 0) is 13.3 Å². The van der Waals surface area contributed by atoms with Crippen LogP contribution in [0.25, 0.3) is 0 Å². The predicted octanol–water partition coefficient (Wildman–Crippen LogP) is 0.476. The van der Waals surface area contributed by atoms with E-state index in [2.05, 4.69) is 10.3 Å². The molecule has 0 saturated carbocycles. The van der Waals surface area contributed by atoms with Gasteiger partial charge in [0.05, 0.1) is 6.54 Å². The van der Waals surface area contributed by atoms with Gasteiger partial charge < -0.3 is 15.3 Å². The van der Waals surface area contributed by atoms with Gasteiger partial charge in [-0.2, -0.15) is 0 Å². The zero-order valence-corrected chi connectivity index (χ0v) is 10.2. The van der Waals surface area contributed by atoms with E-state index in [0.29, 0.717) is 23.1 Å². The lowest BCUT2D eigenvalue weighted by atomic mass is 10.4. The van der Waals surface area contributed by atoms with Crippen LogP contribution in [-0.2, 0) is 4.79 Å². The van der Waals surface area contributed by atoms with E-state index in [1.807, 2.05) is 4.90 Å². The van der Waals surface area contributed by atoms with E-state index in [4.69, 9.17) is 5.11 Å². The Morgan fingerprint density at radius 1 is 1.59 bits per heavy atom. The number of aryl methyl sites for hydroxylation is 1. The Morgan fingerprint density at radius 2 is 2.35 bits per heavy atom. The van der Waals surface area contributed by atoms with Gasteiger partial charge in [0.15, 0.2) is 10.8 Å². The van der Waals surface area contributed by atoms with Gasteiger partial charge in [0.25, 0.3) is 0 Å². The maximum atomic E-state index is 11.4. The number of aromatic carboxylic acids is 1. The maximum absolute atomic E-state index is 11.4. The van der Waals surface area contributed by atoms with Gasteiger partial charge in [-0.1, -0.05) is 0 Å². The second-order valence-corrected chi connectivity index (χ2v) is 5.01. The first-order valence-corrected chi connectivity index (χ1v) is 6.12. The number of rotatable bonds is 2. The number of anilines is 1. The molecule has 92 valence electrons. The predicted molar refractivity (Wildman–Crippen MR) is 63.7 cm³/mol. The number of hydrogen-bond acceptors (Lipinski definition) is 5. The van der Waals surface area contributed by atoms with Gasteiger partial charge >= 0.3 is 5.97 Å². The van der Waals surface area contributed by atoms with E-state index in [1.54, 1.807) is 6.92 Å². The van der Waals surface area contributed by atoms with Gasteiger partial charge in [-0.15, -0.1) is 11.3 Å². The molecule has 0 bridgehead atoms. The number of hydrogen-bond donors (Lipinski definition) is 2. The molecule has 0 spiro atoms. The highest BCUT2D eigenvalue weighted by atomic mass is 32.1. The van der Waals surface area contributed by atoms with Crippen LogP contribution in [-0.4, -0.2) is 41.6 Å². The number of carbonyl (C=O) groups excluding carboxylic acids is 1. The number of aromatic nitrogens is 1. The van der Waals surface area contributed by atoms with Crippen molar-refractivity contribution >= 4 is 28.3 Å². The fraction of sp³-hybridized carbons (Fsp3) is 0.500. The highest BCUT2D eigenvalue weighted by Crippen LogP contribution is 2.26. The summed E-state index contributed by atoms with van der Waals surface area (Å²) in [6.45, 7) is 3.34. The molecule has 0 unspecified atom stereocenters. The molecule has 1 aliphatic heterocycles. The summed E-state index contributed by atoms with van der Waals surface area (Å²) in [5, 5.41) is 12.3. The van der Waals surface area contributed by atoms with E-state index in [9.17, 15) is 9.59 Å². The summed E-state index contributed by atoms with van der Waals surface area (Å²) in [7, 11) is 0. The molecule has 7 heteroatoms. The monoisotopic (exact) mass is 255 g/mol. The molecule has 2 N–H and O–H groups in total. The molecule has 1 saturated heterocycles. The molecule has 6 nitrogen and oxygen atoms in total. The van der Waals surface area contributed by atoms with Gasteiger partial charge in [0.1, 0.15) is 0 Å². The average Bonchev–Trinajstić information content (AvgIpc) is 2.51. The van der Waals surface area contributed by atoms with Crippen molar-refractivity contribution in [3.8, 4) is 0 Å². The lowest BCUT2D eigenvalue weighted by Crippen LogP contribution is -2.32. The van der Waals surface area contributed by atoms with E-state index in [1.165, 1.54) is 11.3 Å². The fourth-order valence-electron chi connectivity index (χ4n) is 1.69. The zero-order chi connectivity index (χ0) is 12.4. The molecule has 1 fully saturated rings. The third kappa shape index (κ3) is 2.55. The second kappa shape index (κ2) is 4.70. The lowest BCUT2D eigenvalue weighted by molar-refractivity contribution is -0.119. The van der Waals surface area contributed by atoms with Crippen LogP contribution < -0.4 is 10.2 Å². The smallest absolute Gasteiger partial charge is 0.355 e. The molecule has 17 heavy (non-hydrogen) atoms. The summed E-state index contributed by atoms with van der Waals surface area (Å²) < 4.78 is 0. The van der Waals surface area contributed by atoms with E-state index in [0.717, 1.165) is 6.42 Å². The Morgan fingerprint density at radius 3 is 3.00 bits per heavy atom. The van der Waals surface area contributed by atoms with Gasteiger partial charge in [-0.3, -0.25) is 4.79 Å². The molecule has 1 amide bonds. The van der Waals surface area contributed by atoms with Crippen molar-refractivity contribution in [3.05, 3.63) is 10.6 Å². The van der Waals surface area contributed by atoms with Crippen molar-refractivity contribution in [2.45, 2.75) is 13.3 Å². The Labute approximate surface area is 102 Å². The first kappa shape index (κ1) is 11.8. The van der Waals surface area contributed by atoms with Crippen LogP contribution in [0.15, 0.2) is 0 Å². The highest BCUT2D eigenvalue weighted by molar-refractivity contribution is 7.15. The van der Waals surface area contributed by atoms with Gasteiger partial charge in [-0.25, -0.2) is 9.78 Å².